The first kappa shape index (κ1) is 16.9. The normalized spacial score (nSPS) is 18.2. The van der Waals surface area contributed by atoms with E-state index in [1.165, 1.54) is 12.1 Å². The lowest BCUT2D eigenvalue weighted by Gasteiger charge is -2.35. The summed E-state index contributed by atoms with van der Waals surface area (Å²) in [6.45, 7) is 5.06. The number of benzene rings is 1. The highest BCUT2D eigenvalue weighted by Crippen LogP contribution is 2.13. The Morgan fingerprint density at radius 3 is 2.18 bits per heavy atom. The van der Waals surface area contributed by atoms with E-state index in [2.05, 4.69) is 4.90 Å². The summed E-state index contributed by atoms with van der Waals surface area (Å²) in [7, 11) is -3.24. The summed E-state index contributed by atoms with van der Waals surface area (Å²) in [5.41, 5.74) is 0.497. The Bertz CT molecular complexity index is 617. The van der Waals surface area contributed by atoms with Crippen molar-refractivity contribution in [2.45, 2.75) is 17.9 Å². The van der Waals surface area contributed by atoms with Crippen molar-refractivity contribution in [2.75, 3.05) is 39.0 Å². The van der Waals surface area contributed by atoms with Crippen LogP contribution in [-0.4, -0.2) is 74.3 Å². The largest absolute Gasteiger partial charge is 0.392 e. The summed E-state index contributed by atoms with van der Waals surface area (Å²) >= 11 is 0. The molecular weight excluding hydrogens is 304 g/mol. The molecular formula is C15H22N2O4S. The summed E-state index contributed by atoms with van der Waals surface area (Å²) in [6.07, 6.45) is 0.774. The smallest absolute Gasteiger partial charge is 0.253 e. The Hall–Kier alpha value is -1.44. The minimum absolute atomic E-state index is 0.0863. The van der Waals surface area contributed by atoms with Crippen LogP contribution in [0.1, 0.15) is 17.3 Å². The zero-order valence-corrected chi connectivity index (χ0v) is 13.7. The molecule has 122 valence electrons. The Morgan fingerprint density at radius 1 is 1.18 bits per heavy atom. The Morgan fingerprint density at radius 2 is 1.73 bits per heavy atom. The molecule has 1 unspecified atom stereocenters. The van der Waals surface area contributed by atoms with Gasteiger partial charge in [-0.3, -0.25) is 9.69 Å². The van der Waals surface area contributed by atoms with Crippen LogP contribution in [0.3, 0.4) is 0 Å². The molecule has 6 nitrogen and oxygen atoms in total. The summed E-state index contributed by atoms with van der Waals surface area (Å²) in [5.74, 6) is -0.0863. The lowest BCUT2D eigenvalue weighted by molar-refractivity contribution is 0.0554. The molecule has 0 bridgehead atoms. The number of amides is 1. The number of carbonyl (C=O) groups excluding carboxylic acids is 1. The topological polar surface area (TPSA) is 77.9 Å². The molecule has 1 aliphatic heterocycles. The van der Waals surface area contributed by atoms with Crippen molar-refractivity contribution in [3.8, 4) is 0 Å². The summed E-state index contributed by atoms with van der Waals surface area (Å²) in [4.78, 5) is 16.5. The van der Waals surface area contributed by atoms with Crippen molar-refractivity contribution >= 4 is 15.7 Å². The quantitative estimate of drug-likeness (QED) is 0.857. The van der Waals surface area contributed by atoms with Crippen LogP contribution >= 0.6 is 0 Å². The van der Waals surface area contributed by atoms with Gasteiger partial charge >= 0.3 is 0 Å². The van der Waals surface area contributed by atoms with Crippen LogP contribution in [0.2, 0.25) is 0 Å². The van der Waals surface area contributed by atoms with Gasteiger partial charge in [0.15, 0.2) is 9.84 Å². The molecule has 0 aliphatic carbocycles. The number of carbonyl (C=O) groups is 1. The SMILES string of the molecule is CC(O)CN1CCN(C(=O)c2ccc(S(C)(=O)=O)cc2)CC1. The van der Waals surface area contributed by atoms with Crippen molar-refractivity contribution in [1.82, 2.24) is 9.80 Å². The standard InChI is InChI=1S/C15H22N2O4S/c1-12(18)11-16-7-9-17(10-8-16)15(19)13-3-5-14(6-4-13)22(2,20)21/h3-6,12,18H,7-11H2,1-2H3. The summed E-state index contributed by atoms with van der Waals surface area (Å²) in [5, 5.41) is 9.38. The Kier molecular flexibility index (Phi) is 5.20. The van der Waals surface area contributed by atoms with Gasteiger partial charge < -0.3 is 10.0 Å². The third-order valence-electron chi connectivity index (χ3n) is 3.71. The maximum Gasteiger partial charge on any atom is 0.253 e. The van der Waals surface area contributed by atoms with Crippen molar-refractivity contribution in [2.24, 2.45) is 0 Å². The van der Waals surface area contributed by atoms with Gasteiger partial charge in [-0.2, -0.15) is 0 Å². The molecule has 1 aromatic carbocycles. The fraction of sp³-hybridized carbons (Fsp3) is 0.533. The molecule has 1 N–H and O–H groups in total. The van der Waals surface area contributed by atoms with Gasteiger partial charge in [-0.15, -0.1) is 0 Å². The molecule has 22 heavy (non-hydrogen) atoms. The Balaban J connectivity index is 1.98. The molecule has 0 aromatic heterocycles. The number of hydrogen-bond acceptors (Lipinski definition) is 5. The van der Waals surface area contributed by atoms with Crippen LogP contribution in [0.25, 0.3) is 0 Å². The van der Waals surface area contributed by atoms with Crippen LogP contribution in [0.15, 0.2) is 29.2 Å². The number of aliphatic hydroxyl groups is 1. The van der Waals surface area contributed by atoms with E-state index in [0.717, 1.165) is 19.3 Å². The van der Waals surface area contributed by atoms with E-state index in [4.69, 9.17) is 0 Å². The number of nitrogens with zero attached hydrogens (tertiary/aromatic N) is 2. The number of piperazine rings is 1. The van der Waals surface area contributed by atoms with Crippen molar-refractivity contribution in [3.05, 3.63) is 29.8 Å². The molecule has 1 aliphatic rings. The molecule has 1 saturated heterocycles. The van der Waals surface area contributed by atoms with E-state index in [1.807, 2.05) is 0 Å². The third kappa shape index (κ3) is 4.28. The number of aliphatic hydroxyl groups excluding tert-OH is 1. The van der Waals surface area contributed by atoms with Crippen LogP contribution in [-0.2, 0) is 9.84 Å². The highest BCUT2D eigenvalue weighted by atomic mass is 32.2. The molecule has 2 rings (SSSR count). The number of sulfone groups is 1. The minimum Gasteiger partial charge on any atom is -0.392 e. The van der Waals surface area contributed by atoms with Crippen molar-refractivity contribution in [3.63, 3.8) is 0 Å². The number of β-amino-alcohol motifs (C(OH)–C–C–N with tert-alkyl or cyclic N) is 1. The molecule has 0 saturated carbocycles. The molecule has 1 amide bonds. The van der Waals surface area contributed by atoms with Gasteiger partial charge in [-0.25, -0.2) is 8.42 Å². The number of hydrogen-bond donors (Lipinski definition) is 1. The van der Waals surface area contributed by atoms with E-state index in [0.29, 0.717) is 25.2 Å². The molecule has 1 aromatic rings. The lowest BCUT2D eigenvalue weighted by Crippen LogP contribution is -2.50. The Labute approximate surface area is 131 Å². The second-order valence-corrected chi connectivity index (χ2v) is 7.75. The van der Waals surface area contributed by atoms with Crippen molar-refractivity contribution < 1.29 is 18.3 Å². The molecule has 0 radical (unpaired) electrons. The number of rotatable bonds is 4. The van der Waals surface area contributed by atoms with Gasteiger partial charge in [0.1, 0.15) is 0 Å². The zero-order chi connectivity index (χ0) is 16.3. The van der Waals surface area contributed by atoms with Crippen LogP contribution in [0.4, 0.5) is 0 Å². The van der Waals surface area contributed by atoms with Gasteiger partial charge in [0.05, 0.1) is 11.0 Å². The van der Waals surface area contributed by atoms with E-state index in [-0.39, 0.29) is 16.9 Å². The molecule has 7 heteroatoms. The predicted octanol–water partition coefficient (Wildman–Crippen LogP) is 0.229. The van der Waals surface area contributed by atoms with Gasteiger partial charge in [0.25, 0.3) is 5.91 Å². The first-order valence-corrected chi connectivity index (χ1v) is 9.16. The van der Waals surface area contributed by atoms with Crippen molar-refractivity contribution in [1.29, 1.82) is 0 Å². The highest BCUT2D eigenvalue weighted by molar-refractivity contribution is 7.90. The minimum atomic E-state index is -3.24. The molecule has 1 fully saturated rings. The van der Waals surface area contributed by atoms with Crippen LogP contribution in [0.5, 0.6) is 0 Å². The molecule has 1 heterocycles. The molecule has 1 atom stereocenters. The maximum absolute atomic E-state index is 12.4. The van der Waals surface area contributed by atoms with Crippen LogP contribution < -0.4 is 0 Å². The maximum atomic E-state index is 12.4. The van der Waals surface area contributed by atoms with Gasteiger partial charge in [-0.05, 0) is 31.2 Å². The van der Waals surface area contributed by atoms with E-state index in [1.54, 1.807) is 24.0 Å². The average Bonchev–Trinajstić information content (AvgIpc) is 2.46. The van der Waals surface area contributed by atoms with E-state index < -0.39 is 9.84 Å². The highest BCUT2D eigenvalue weighted by Gasteiger charge is 2.22. The monoisotopic (exact) mass is 326 g/mol. The average molecular weight is 326 g/mol. The van der Waals surface area contributed by atoms with E-state index >= 15 is 0 Å². The second-order valence-electron chi connectivity index (χ2n) is 5.74. The lowest BCUT2D eigenvalue weighted by atomic mass is 10.2. The second kappa shape index (κ2) is 6.76. The fourth-order valence-corrected chi connectivity index (χ4v) is 3.16. The fourth-order valence-electron chi connectivity index (χ4n) is 2.53. The van der Waals surface area contributed by atoms with Gasteiger partial charge in [0.2, 0.25) is 0 Å². The zero-order valence-electron chi connectivity index (χ0n) is 12.9. The van der Waals surface area contributed by atoms with E-state index in [9.17, 15) is 18.3 Å². The first-order valence-electron chi connectivity index (χ1n) is 7.27. The summed E-state index contributed by atoms with van der Waals surface area (Å²) < 4.78 is 22.8. The van der Waals surface area contributed by atoms with Crippen LogP contribution in [0, 0.1) is 0 Å². The predicted molar refractivity (Wildman–Crippen MR) is 83.6 cm³/mol. The van der Waals surface area contributed by atoms with Gasteiger partial charge in [-0.1, -0.05) is 0 Å². The first-order chi connectivity index (χ1) is 10.3. The third-order valence-corrected chi connectivity index (χ3v) is 4.84. The molecule has 0 spiro atoms. The summed E-state index contributed by atoms with van der Waals surface area (Å²) in [6, 6.07) is 6.04. The van der Waals surface area contributed by atoms with Gasteiger partial charge in [0, 0.05) is 44.5 Å².